The van der Waals surface area contributed by atoms with E-state index in [0.29, 0.717) is 0 Å². The fourth-order valence-corrected chi connectivity index (χ4v) is 3.02. The zero-order valence-electron chi connectivity index (χ0n) is 8.66. The number of sulfone groups is 1. The normalized spacial score (nSPS) is 25.7. The van der Waals surface area contributed by atoms with Crippen molar-refractivity contribution in [3.05, 3.63) is 0 Å². The zero-order valence-corrected chi connectivity index (χ0v) is 9.48. The van der Waals surface area contributed by atoms with Crippen molar-refractivity contribution < 1.29 is 28.2 Å². The van der Waals surface area contributed by atoms with E-state index in [1.807, 2.05) is 0 Å². The van der Waals surface area contributed by atoms with Gasteiger partial charge >= 0.3 is 12.1 Å². The fraction of sp³-hybridized carbons (Fsp3) is 0.750. The molecule has 0 radical (unpaired) electrons. The summed E-state index contributed by atoms with van der Waals surface area (Å²) in [5.41, 5.74) is 0. The summed E-state index contributed by atoms with van der Waals surface area (Å²) in [7, 11) is -3.22. The molecule has 0 bridgehead atoms. The molecule has 0 aromatic heterocycles. The molecule has 92 valence electrons. The second kappa shape index (κ2) is 4.28. The molecular weight excluding hydrogens is 238 g/mol. The number of carboxylic acids is 1. The molecule has 2 N–H and O–H groups in total. The number of hydrogen-bond acceptors (Lipinski definition) is 4. The average Bonchev–Trinajstić information content (AvgIpc) is 2.44. The monoisotopic (exact) mass is 251 g/mol. The van der Waals surface area contributed by atoms with E-state index in [1.54, 1.807) is 0 Å². The molecule has 0 spiro atoms. The fourth-order valence-electron chi connectivity index (χ4n) is 1.92. The van der Waals surface area contributed by atoms with Gasteiger partial charge in [-0.25, -0.2) is 18.0 Å². The number of likely N-dealkylation sites (tertiary alicyclic amines) is 1. The van der Waals surface area contributed by atoms with Crippen LogP contribution in [-0.2, 0) is 14.6 Å². The minimum Gasteiger partial charge on any atom is -0.480 e. The lowest BCUT2D eigenvalue weighted by molar-refractivity contribution is -0.141. The second-order valence-electron chi connectivity index (χ2n) is 3.98. The van der Waals surface area contributed by atoms with Gasteiger partial charge < -0.3 is 10.2 Å². The summed E-state index contributed by atoms with van der Waals surface area (Å²) in [6, 6.07) is -1.13. The lowest BCUT2D eigenvalue weighted by Gasteiger charge is -2.16. The topological polar surface area (TPSA) is 112 Å². The van der Waals surface area contributed by atoms with E-state index >= 15 is 0 Å². The summed E-state index contributed by atoms with van der Waals surface area (Å²) < 4.78 is 22.1. The van der Waals surface area contributed by atoms with Crippen LogP contribution in [0.5, 0.6) is 0 Å². The molecule has 2 unspecified atom stereocenters. The van der Waals surface area contributed by atoms with Gasteiger partial charge in [0.15, 0.2) is 0 Å². The summed E-state index contributed by atoms with van der Waals surface area (Å²) in [5, 5.41) is 17.6. The quantitative estimate of drug-likeness (QED) is 0.698. The summed E-state index contributed by atoms with van der Waals surface area (Å²) in [5.74, 6) is -1.86. The molecule has 7 nitrogen and oxygen atoms in total. The molecule has 2 atom stereocenters. The molecule has 0 aromatic carbocycles. The van der Waals surface area contributed by atoms with E-state index in [2.05, 4.69) is 0 Å². The maximum absolute atomic E-state index is 11.0. The van der Waals surface area contributed by atoms with Crippen LogP contribution in [0.1, 0.15) is 6.42 Å². The van der Waals surface area contributed by atoms with Crippen LogP contribution in [0.4, 0.5) is 4.79 Å². The molecule has 1 saturated heterocycles. The smallest absolute Gasteiger partial charge is 0.408 e. The first-order valence-corrected chi connectivity index (χ1v) is 6.67. The summed E-state index contributed by atoms with van der Waals surface area (Å²) in [4.78, 5) is 22.3. The molecule has 1 heterocycles. The van der Waals surface area contributed by atoms with Crippen LogP contribution in [0.15, 0.2) is 0 Å². The van der Waals surface area contributed by atoms with Crippen molar-refractivity contribution in [3.8, 4) is 0 Å². The zero-order chi connectivity index (χ0) is 12.5. The van der Waals surface area contributed by atoms with Gasteiger partial charge in [0.1, 0.15) is 15.9 Å². The number of carbonyl (C=O) groups is 2. The van der Waals surface area contributed by atoms with Gasteiger partial charge in [0.25, 0.3) is 0 Å². The number of hydrogen-bond donors (Lipinski definition) is 2. The van der Waals surface area contributed by atoms with Gasteiger partial charge in [-0.2, -0.15) is 0 Å². The summed E-state index contributed by atoms with van der Waals surface area (Å²) in [6.45, 7) is -0.0423. The third-order valence-corrected chi connectivity index (χ3v) is 3.53. The SMILES string of the molecule is CS(=O)(=O)CC1CC(C(=O)O)N(C(=O)O)C1. The first kappa shape index (κ1) is 12.8. The van der Waals surface area contributed by atoms with Crippen molar-refractivity contribution in [3.63, 3.8) is 0 Å². The van der Waals surface area contributed by atoms with Crippen LogP contribution in [0.25, 0.3) is 0 Å². The Morgan fingerprint density at radius 1 is 1.38 bits per heavy atom. The summed E-state index contributed by atoms with van der Waals surface area (Å²) >= 11 is 0. The molecule has 16 heavy (non-hydrogen) atoms. The molecule has 1 fully saturated rings. The number of aliphatic carboxylic acids is 1. The molecule has 0 aromatic rings. The van der Waals surface area contributed by atoms with Crippen LogP contribution < -0.4 is 0 Å². The minimum absolute atomic E-state index is 0.0423. The highest BCUT2D eigenvalue weighted by atomic mass is 32.2. The van der Waals surface area contributed by atoms with E-state index in [4.69, 9.17) is 10.2 Å². The highest BCUT2D eigenvalue weighted by Gasteiger charge is 2.40. The Labute approximate surface area is 92.6 Å². The van der Waals surface area contributed by atoms with Crippen molar-refractivity contribution in [1.29, 1.82) is 0 Å². The summed E-state index contributed by atoms with van der Waals surface area (Å²) in [6.07, 6.45) is -0.232. The number of amides is 1. The van der Waals surface area contributed by atoms with Gasteiger partial charge in [-0.3, -0.25) is 4.90 Å². The Balaban J connectivity index is 2.77. The average molecular weight is 251 g/mol. The Bertz CT molecular complexity index is 381. The Morgan fingerprint density at radius 3 is 2.25 bits per heavy atom. The van der Waals surface area contributed by atoms with Crippen LogP contribution in [0.3, 0.4) is 0 Å². The molecule has 8 heteroatoms. The van der Waals surface area contributed by atoms with E-state index in [1.165, 1.54) is 0 Å². The van der Waals surface area contributed by atoms with Gasteiger partial charge in [-0.1, -0.05) is 0 Å². The van der Waals surface area contributed by atoms with Gasteiger partial charge in [0.05, 0.1) is 5.75 Å². The molecular formula is C8H13NO6S. The first-order valence-electron chi connectivity index (χ1n) is 4.61. The van der Waals surface area contributed by atoms with Crippen molar-refractivity contribution in [2.45, 2.75) is 12.5 Å². The van der Waals surface area contributed by atoms with Gasteiger partial charge in [0.2, 0.25) is 0 Å². The van der Waals surface area contributed by atoms with E-state index in [9.17, 15) is 18.0 Å². The second-order valence-corrected chi connectivity index (χ2v) is 6.17. The predicted molar refractivity (Wildman–Crippen MR) is 54.0 cm³/mol. The first-order chi connectivity index (χ1) is 7.20. The van der Waals surface area contributed by atoms with Crippen LogP contribution in [0.2, 0.25) is 0 Å². The van der Waals surface area contributed by atoms with Gasteiger partial charge in [-0.15, -0.1) is 0 Å². The molecule has 1 aliphatic heterocycles. The number of carboxylic acid groups (broad SMARTS) is 2. The van der Waals surface area contributed by atoms with E-state index in [-0.39, 0.29) is 18.7 Å². The van der Waals surface area contributed by atoms with Crippen molar-refractivity contribution in [2.24, 2.45) is 5.92 Å². The highest BCUT2D eigenvalue weighted by molar-refractivity contribution is 7.90. The molecule has 0 saturated carbocycles. The Morgan fingerprint density at radius 2 is 1.94 bits per heavy atom. The lowest BCUT2D eigenvalue weighted by Crippen LogP contribution is -2.39. The minimum atomic E-state index is -3.22. The largest absolute Gasteiger partial charge is 0.480 e. The molecule has 1 amide bonds. The Kier molecular flexibility index (Phi) is 3.41. The van der Waals surface area contributed by atoms with Crippen molar-refractivity contribution in [1.82, 2.24) is 4.90 Å². The molecule has 1 rings (SSSR count). The molecule has 0 aliphatic carbocycles. The maximum atomic E-state index is 11.0. The Hall–Kier alpha value is -1.31. The molecule has 1 aliphatic rings. The van der Waals surface area contributed by atoms with E-state index < -0.39 is 33.9 Å². The van der Waals surface area contributed by atoms with Crippen LogP contribution in [0, 0.1) is 5.92 Å². The highest BCUT2D eigenvalue weighted by Crippen LogP contribution is 2.24. The third-order valence-electron chi connectivity index (χ3n) is 2.46. The van der Waals surface area contributed by atoms with Crippen LogP contribution in [-0.4, -0.2) is 60.2 Å². The standard InChI is InChI=1S/C8H13NO6S/c1-16(14,15)4-5-2-6(7(10)11)9(3-5)8(12)13/h5-6H,2-4H2,1H3,(H,10,11)(H,12,13). The third kappa shape index (κ3) is 3.09. The van der Waals surface area contributed by atoms with Crippen LogP contribution >= 0.6 is 0 Å². The van der Waals surface area contributed by atoms with Crippen molar-refractivity contribution in [2.75, 3.05) is 18.6 Å². The predicted octanol–water partition coefficient (Wildman–Crippen LogP) is -0.516. The lowest BCUT2D eigenvalue weighted by atomic mass is 10.1. The maximum Gasteiger partial charge on any atom is 0.408 e. The van der Waals surface area contributed by atoms with E-state index in [0.717, 1.165) is 11.2 Å². The number of rotatable bonds is 3. The van der Waals surface area contributed by atoms with Gasteiger partial charge in [0, 0.05) is 12.8 Å². The van der Waals surface area contributed by atoms with Crippen molar-refractivity contribution >= 4 is 21.9 Å². The number of nitrogens with zero attached hydrogens (tertiary/aromatic N) is 1. The van der Waals surface area contributed by atoms with Gasteiger partial charge in [-0.05, 0) is 12.3 Å².